The van der Waals surface area contributed by atoms with Gasteiger partial charge in [0, 0.05) is 19.3 Å². The largest absolute Gasteiger partial charge is 0.483 e. The summed E-state index contributed by atoms with van der Waals surface area (Å²) in [6.07, 6.45) is 7.21. The second kappa shape index (κ2) is 6.68. The molecule has 6 nitrogen and oxygen atoms in total. The minimum absolute atomic E-state index is 0.178. The molecule has 1 aliphatic carbocycles. The van der Waals surface area contributed by atoms with E-state index in [4.69, 9.17) is 4.74 Å². The van der Waals surface area contributed by atoms with Gasteiger partial charge in [0.25, 0.3) is 0 Å². The van der Waals surface area contributed by atoms with E-state index in [9.17, 15) is 13.7 Å². The quantitative estimate of drug-likeness (QED) is 0.595. The lowest BCUT2D eigenvalue weighted by Crippen LogP contribution is -2.35. The number of piperidine rings is 1. The van der Waals surface area contributed by atoms with Crippen molar-refractivity contribution in [3.05, 3.63) is 17.7 Å². The second-order valence-corrected chi connectivity index (χ2v) is 8.91. The molecule has 2 aliphatic rings. The van der Waals surface area contributed by atoms with Crippen molar-refractivity contribution < 1.29 is 13.2 Å². The van der Waals surface area contributed by atoms with Gasteiger partial charge in [-0.1, -0.05) is 0 Å². The Morgan fingerprint density at radius 1 is 1.32 bits per heavy atom. The summed E-state index contributed by atoms with van der Waals surface area (Å²) in [5, 5.41) is 9.65. The van der Waals surface area contributed by atoms with Crippen LogP contribution in [0.2, 0.25) is 0 Å². The van der Waals surface area contributed by atoms with Crippen LogP contribution in [-0.2, 0) is 14.6 Å². The lowest BCUT2D eigenvalue weighted by Gasteiger charge is -2.34. The summed E-state index contributed by atoms with van der Waals surface area (Å²) in [5.74, 6) is 0. The fourth-order valence-electron chi connectivity index (χ4n) is 3.33. The molecule has 2 fully saturated rings. The summed E-state index contributed by atoms with van der Waals surface area (Å²) in [5.41, 5.74) is 1.90. The molecule has 0 amide bonds. The number of nitriles is 1. The van der Waals surface area contributed by atoms with Crippen molar-refractivity contribution >= 4 is 27.6 Å². The van der Waals surface area contributed by atoms with Gasteiger partial charge >= 0.3 is 0 Å². The van der Waals surface area contributed by atoms with E-state index in [1.165, 1.54) is 31.6 Å². The Bertz CT molecular complexity index is 826. The van der Waals surface area contributed by atoms with E-state index in [2.05, 4.69) is 16.0 Å². The van der Waals surface area contributed by atoms with Gasteiger partial charge in [0.1, 0.15) is 11.6 Å². The molecule has 1 aliphatic heterocycles. The van der Waals surface area contributed by atoms with Gasteiger partial charge < -0.3 is 9.64 Å². The van der Waals surface area contributed by atoms with Crippen molar-refractivity contribution in [2.24, 2.45) is 10.4 Å². The first-order valence-electron chi connectivity index (χ1n) is 8.56. The van der Waals surface area contributed by atoms with Crippen LogP contribution in [0.25, 0.3) is 0 Å². The summed E-state index contributed by atoms with van der Waals surface area (Å²) in [6, 6.07) is 5.25. The van der Waals surface area contributed by atoms with Crippen molar-refractivity contribution in [3.8, 4) is 6.07 Å². The molecule has 134 valence electrons. The van der Waals surface area contributed by atoms with E-state index >= 15 is 0 Å². The molecule has 1 aromatic rings. The number of hydrogen-bond acceptors (Lipinski definition) is 6. The Kier molecular flexibility index (Phi) is 4.74. The summed E-state index contributed by atoms with van der Waals surface area (Å²) < 4.78 is 29.3. The van der Waals surface area contributed by atoms with Crippen LogP contribution in [0.4, 0.5) is 11.4 Å². The highest BCUT2D eigenvalue weighted by Gasteiger charge is 2.44. The van der Waals surface area contributed by atoms with Crippen molar-refractivity contribution in [1.82, 2.24) is 0 Å². The number of aliphatic imine (C=N–C) groups is 1. The minimum Gasteiger partial charge on any atom is -0.483 e. The SMILES string of the molecule is CCO/C=N/c1cc(S(C)(=O)=O)cc(N2CCC3(CC2)CC3)c1C#N. The molecule has 1 aromatic carbocycles. The Hall–Kier alpha value is -2.07. The Morgan fingerprint density at radius 3 is 2.52 bits per heavy atom. The van der Waals surface area contributed by atoms with Crippen LogP contribution in [0, 0.1) is 16.7 Å². The smallest absolute Gasteiger partial charge is 0.175 e. The van der Waals surface area contributed by atoms with Crippen LogP contribution in [0.15, 0.2) is 22.0 Å². The predicted octanol–water partition coefficient (Wildman–Crippen LogP) is 3.04. The van der Waals surface area contributed by atoms with Crippen LogP contribution in [-0.4, -0.2) is 40.8 Å². The van der Waals surface area contributed by atoms with Crippen molar-refractivity contribution in [1.29, 1.82) is 5.26 Å². The fourth-order valence-corrected chi connectivity index (χ4v) is 3.99. The molecule has 0 N–H and O–H groups in total. The van der Waals surface area contributed by atoms with Crippen LogP contribution >= 0.6 is 0 Å². The molecule has 7 heteroatoms. The Labute approximate surface area is 149 Å². The lowest BCUT2D eigenvalue weighted by atomic mass is 9.93. The van der Waals surface area contributed by atoms with Gasteiger partial charge in [0.15, 0.2) is 16.2 Å². The molecule has 25 heavy (non-hydrogen) atoms. The molecule has 1 spiro atoms. The molecule has 0 radical (unpaired) electrons. The zero-order chi connectivity index (χ0) is 18.1. The highest BCUT2D eigenvalue weighted by Crippen LogP contribution is 2.54. The number of nitrogens with zero attached hydrogens (tertiary/aromatic N) is 3. The predicted molar refractivity (Wildman–Crippen MR) is 97.2 cm³/mol. The van der Waals surface area contributed by atoms with Gasteiger partial charge in [0.2, 0.25) is 0 Å². The number of sulfone groups is 1. The molecule has 1 heterocycles. The average Bonchev–Trinajstić information content (AvgIpc) is 3.33. The molecule has 1 saturated heterocycles. The minimum atomic E-state index is -3.40. The summed E-state index contributed by atoms with van der Waals surface area (Å²) in [4.78, 5) is 6.48. The average molecular weight is 361 g/mol. The first-order valence-corrected chi connectivity index (χ1v) is 10.4. The Morgan fingerprint density at radius 2 is 2.00 bits per heavy atom. The van der Waals surface area contributed by atoms with Crippen LogP contribution in [0.5, 0.6) is 0 Å². The van der Waals surface area contributed by atoms with Gasteiger partial charge in [0.05, 0.1) is 22.9 Å². The summed E-state index contributed by atoms with van der Waals surface area (Å²) in [6.45, 7) is 3.97. The zero-order valence-corrected chi connectivity index (χ0v) is 15.5. The monoisotopic (exact) mass is 361 g/mol. The van der Waals surface area contributed by atoms with Crippen molar-refractivity contribution in [2.45, 2.75) is 37.5 Å². The van der Waals surface area contributed by atoms with E-state index in [1.54, 1.807) is 6.07 Å². The molecular formula is C18H23N3O3S. The van der Waals surface area contributed by atoms with E-state index in [0.717, 1.165) is 25.9 Å². The topological polar surface area (TPSA) is 82.8 Å². The zero-order valence-electron chi connectivity index (χ0n) is 14.7. The third kappa shape index (κ3) is 3.79. The van der Waals surface area contributed by atoms with Gasteiger partial charge in [-0.2, -0.15) is 5.26 Å². The first-order chi connectivity index (χ1) is 11.9. The van der Waals surface area contributed by atoms with E-state index in [1.807, 2.05) is 6.92 Å². The van der Waals surface area contributed by atoms with E-state index in [0.29, 0.717) is 29.0 Å². The molecule has 0 atom stereocenters. The van der Waals surface area contributed by atoms with E-state index < -0.39 is 9.84 Å². The normalized spacial score (nSPS) is 19.2. The van der Waals surface area contributed by atoms with Gasteiger partial charge in [-0.25, -0.2) is 13.4 Å². The summed E-state index contributed by atoms with van der Waals surface area (Å²) >= 11 is 0. The number of benzene rings is 1. The number of ether oxygens (including phenoxy) is 1. The van der Waals surface area contributed by atoms with Crippen LogP contribution < -0.4 is 4.90 Å². The molecule has 3 rings (SSSR count). The lowest BCUT2D eigenvalue weighted by molar-refractivity contribution is 0.344. The molecule has 1 saturated carbocycles. The molecule has 0 aromatic heterocycles. The van der Waals surface area contributed by atoms with Gasteiger partial charge in [-0.3, -0.25) is 0 Å². The van der Waals surface area contributed by atoms with Crippen molar-refractivity contribution in [3.63, 3.8) is 0 Å². The highest BCUT2D eigenvalue weighted by atomic mass is 32.2. The standard InChI is InChI=1S/C18H23N3O3S/c1-3-24-13-20-16-10-14(25(2,22)23)11-17(15(16)12-19)21-8-6-18(4-5-18)7-9-21/h10-11,13H,3-9H2,1-2H3/b20-13+. The fraction of sp³-hybridized carbons (Fsp3) is 0.556. The number of rotatable bonds is 5. The maximum Gasteiger partial charge on any atom is 0.175 e. The van der Waals surface area contributed by atoms with Gasteiger partial charge in [-0.15, -0.1) is 0 Å². The molecule has 0 unspecified atom stereocenters. The highest BCUT2D eigenvalue weighted by molar-refractivity contribution is 7.90. The molecular weight excluding hydrogens is 338 g/mol. The Balaban J connectivity index is 2.02. The third-order valence-electron chi connectivity index (χ3n) is 5.17. The van der Waals surface area contributed by atoms with Crippen LogP contribution in [0.3, 0.4) is 0 Å². The van der Waals surface area contributed by atoms with E-state index in [-0.39, 0.29) is 4.90 Å². The van der Waals surface area contributed by atoms with Gasteiger partial charge in [-0.05, 0) is 50.2 Å². The first kappa shape index (κ1) is 17.7. The second-order valence-electron chi connectivity index (χ2n) is 6.90. The maximum atomic E-state index is 12.1. The van der Waals surface area contributed by atoms with Crippen LogP contribution in [0.1, 0.15) is 38.2 Å². The number of hydrogen-bond donors (Lipinski definition) is 0. The third-order valence-corrected chi connectivity index (χ3v) is 6.26. The number of anilines is 1. The summed E-state index contributed by atoms with van der Waals surface area (Å²) in [7, 11) is -3.40. The molecule has 0 bridgehead atoms. The maximum absolute atomic E-state index is 12.1. The van der Waals surface area contributed by atoms with Crippen molar-refractivity contribution in [2.75, 3.05) is 30.9 Å².